The molecular formula is C20H24N4O7. The van der Waals surface area contributed by atoms with Crippen LogP contribution in [0.25, 0.3) is 11.2 Å². The summed E-state index contributed by atoms with van der Waals surface area (Å²) in [5, 5.41) is 0. The second-order valence-corrected chi connectivity index (χ2v) is 6.91. The van der Waals surface area contributed by atoms with Crippen molar-refractivity contribution in [1.82, 2.24) is 18.7 Å². The monoisotopic (exact) mass is 432 g/mol. The molecule has 0 amide bonds. The van der Waals surface area contributed by atoms with E-state index in [1.165, 1.54) is 51.4 Å². The van der Waals surface area contributed by atoms with Gasteiger partial charge in [0.05, 0.1) is 39.8 Å². The number of hydrogen-bond donors (Lipinski definition) is 0. The average molecular weight is 432 g/mol. The van der Waals surface area contributed by atoms with Crippen LogP contribution >= 0.6 is 0 Å². The SMILES string of the molecule is COc1cc(C(=O)OC(C)Cn2c(=O)c3c(ncn3C)n(C)c2=O)cc(OC)c1OC. The van der Waals surface area contributed by atoms with Crippen LogP contribution in [0.15, 0.2) is 28.0 Å². The maximum Gasteiger partial charge on any atom is 0.338 e. The summed E-state index contributed by atoms with van der Waals surface area (Å²) in [7, 11) is 7.52. The van der Waals surface area contributed by atoms with Gasteiger partial charge in [-0.3, -0.25) is 13.9 Å². The number of ether oxygens (including phenoxy) is 4. The predicted octanol–water partition coefficient (Wildman–Crippen LogP) is 0.705. The molecule has 0 saturated carbocycles. The highest BCUT2D eigenvalue weighted by Crippen LogP contribution is 2.38. The first-order chi connectivity index (χ1) is 14.7. The number of carbonyl (C=O) groups excluding carboxylic acids is 1. The van der Waals surface area contributed by atoms with Crippen molar-refractivity contribution in [2.24, 2.45) is 14.1 Å². The third-order valence-electron chi connectivity index (χ3n) is 4.85. The van der Waals surface area contributed by atoms with Crippen molar-refractivity contribution in [2.45, 2.75) is 19.6 Å². The largest absolute Gasteiger partial charge is 0.493 e. The number of nitrogens with zero attached hydrogens (tertiary/aromatic N) is 4. The van der Waals surface area contributed by atoms with Crippen LogP contribution in [0, 0.1) is 0 Å². The van der Waals surface area contributed by atoms with Gasteiger partial charge in [-0.2, -0.15) is 0 Å². The predicted molar refractivity (Wildman–Crippen MR) is 111 cm³/mol. The summed E-state index contributed by atoms with van der Waals surface area (Å²) in [5.41, 5.74) is -0.314. The molecule has 1 aromatic carbocycles. The lowest BCUT2D eigenvalue weighted by Crippen LogP contribution is -2.42. The molecule has 2 aromatic heterocycles. The van der Waals surface area contributed by atoms with E-state index < -0.39 is 23.3 Å². The number of methoxy groups -OCH3 is 3. The minimum Gasteiger partial charge on any atom is -0.493 e. The van der Waals surface area contributed by atoms with Crippen molar-refractivity contribution in [2.75, 3.05) is 21.3 Å². The Bertz CT molecular complexity index is 1230. The Morgan fingerprint density at radius 2 is 1.68 bits per heavy atom. The highest BCUT2D eigenvalue weighted by Gasteiger charge is 2.21. The van der Waals surface area contributed by atoms with E-state index in [4.69, 9.17) is 18.9 Å². The highest BCUT2D eigenvalue weighted by atomic mass is 16.5. The van der Waals surface area contributed by atoms with Crippen LogP contribution in [0.1, 0.15) is 17.3 Å². The maximum absolute atomic E-state index is 12.8. The summed E-state index contributed by atoms with van der Waals surface area (Å²) in [5.74, 6) is 0.272. The fourth-order valence-corrected chi connectivity index (χ4v) is 3.30. The first-order valence-corrected chi connectivity index (χ1v) is 9.35. The lowest BCUT2D eigenvalue weighted by molar-refractivity contribution is 0.0300. The van der Waals surface area contributed by atoms with Gasteiger partial charge in [0.25, 0.3) is 5.56 Å². The normalized spacial score (nSPS) is 11.9. The topological polar surface area (TPSA) is 116 Å². The minimum absolute atomic E-state index is 0.122. The first kappa shape index (κ1) is 21.9. The van der Waals surface area contributed by atoms with Gasteiger partial charge in [-0.05, 0) is 19.1 Å². The zero-order valence-corrected chi connectivity index (χ0v) is 18.2. The van der Waals surface area contributed by atoms with Crippen LogP contribution in [0.5, 0.6) is 17.2 Å². The second kappa shape index (κ2) is 8.54. The number of hydrogen-bond acceptors (Lipinski definition) is 8. The summed E-state index contributed by atoms with van der Waals surface area (Å²) < 4.78 is 25.1. The average Bonchev–Trinajstić information content (AvgIpc) is 3.15. The third kappa shape index (κ3) is 3.86. The zero-order valence-electron chi connectivity index (χ0n) is 18.2. The van der Waals surface area contributed by atoms with Gasteiger partial charge in [0, 0.05) is 14.1 Å². The van der Waals surface area contributed by atoms with E-state index in [0.29, 0.717) is 17.2 Å². The van der Waals surface area contributed by atoms with Crippen LogP contribution in [0.3, 0.4) is 0 Å². The van der Waals surface area contributed by atoms with Crippen LogP contribution in [0.4, 0.5) is 0 Å². The molecule has 31 heavy (non-hydrogen) atoms. The number of carbonyl (C=O) groups is 1. The standard InChI is InChI=1S/C20H24N4O7/c1-11(9-24-18(25)15-17(21-10-22(15)2)23(3)20(24)27)31-19(26)12-7-13(28-4)16(30-6)14(8-12)29-5/h7-8,10-11H,9H2,1-6H3. The third-order valence-corrected chi connectivity index (χ3v) is 4.85. The second-order valence-electron chi connectivity index (χ2n) is 6.91. The first-order valence-electron chi connectivity index (χ1n) is 9.35. The molecule has 1 atom stereocenters. The number of fused-ring (bicyclic) bond motifs is 1. The molecule has 166 valence electrons. The molecule has 0 spiro atoms. The van der Waals surface area contributed by atoms with Gasteiger partial charge in [-0.15, -0.1) is 0 Å². The molecule has 0 N–H and O–H groups in total. The Balaban J connectivity index is 1.89. The van der Waals surface area contributed by atoms with Crippen molar-refractivity contribution in [1.29, 1.82) is 0 Å². The molecule has 1 unspecified atom stereocenters. The van der Waals surface area contributed by atoms with E-state index in [2.05, 4.69) is 4.98 Å². The van der Waals surface area contributed by atoms with Crippen molar-refractivity contribution >= 4 is 17.1 Å². The smallest absolute Gasteiger partial charge is 0.338 e. The van der Waals surface area contributed by atoms with Gasteiger partial charge in [-0.25, -0.2) is 14.6 Å². The number of aromatic nitrogens is 4. The van der Waals surface area contributed by atoms with E-state index >= 15 is 0 Å². The molecule has 0 bridgehead atoms. The molecule has 11 heteroatoms. The van der Waals surface area contributed by atoms with Crippen molar-refractivity contribution < 1.29 is 23.7 Å². The van der Waals surface area contributed by atoms with E-state index in [0.717, 1.165) is 4.57 Å². The van der Waals surface area contributed by atoms with Gasteiger partial charge in [0.15, 0.2) is 22.7 Å². The quantitative estimate of drug-likeness (QED) is 0.501. The molecule has 0 aliphatic rings. The molecular weight excluding hydrogens is 408 g/mol. The number of benzene rings is 1. The van der Waals surface area contributed by atoms with Gasteiger partial charge < -0.3 is 23.5 Å². The summed E-state index contributed by atoms with van der Waals surface area (Å²) in [6, 6.07) is 2.92. The van der Waals surface area contributed by atoms with Crippen LogP contribution in [-0.2, 0) is 25.4 Å². The molecule has 0 fully saturated rings. The van der Waals surface area contributed by atoms with Crippen LogP contribution in [-0.4, -0.2) is 52.1 Å². The molecule has 0 radical (unpaired) electrons. The van der Waals surface area contributed by atoms with Crippen molar-refractivity contribution in [3.63, 3.8) is 0 Å². The lowest BCUT2D eigenvalue weighted by atomic mass is 10.2. The summed E-state index contributed by atoms with van der Waals surface area (Å²) in [6.45, 7) is 1.47. The molecule has 0 aliphatic carbocycles. The molecule has 3 aromatic rings. The Kier molecular flexibility index (Phi) is 6.04. The fourth-order valence-electron chi connectivity index (χ4n) is 3.30. The summed E-state index contributed by atoms with van der Waals surface area (Å²) in [4.78, 5) is 42.2. The van der Waals surface area contributed by atoms with Gasteiger partial charge >= 0.3 is 11.7 Å². The van der Waals surface area contributed by atoms with Crippen molar-refractivity contribution in [3.05, 3.63) is 44.9 Å². The van der Waals surface area contributed by atoms with Gasteiger partial charge in [0.1, 0.15) is 6.10 Å². The Hall–Kier alpha value is -3.76. The number of esters is 1. The molecule has 0 saturated heterocycles. The molecule has 2 heterocycles. The summed E-state index contributed by atoms with van der Waals surface area (Å²) in [6.07, 6.45) is 0.687. The lowest BCUT2D eigenvalue weighted by Gasteiger charge is -2.17. The van der Waals surface area contributed by atoms with Crippen molar-refractivity contribution in [3.8, 4) is 17.2 Å². The van der Waals surface area contributed by atoms with Gasteiger partial charge in [0.2, 0.25) is 5.75 Å². The van der Waals surface area contributed by atoms with E-state index in [-0.39, 0.29) is 23.3 Å². The maximum atomic E-state index is 12.8. The zero-order chi connectivity index (χ0) is 22.9. The number of imidazole rings is 1. The number of rotatable bonds is 7. The highest BCUT2D eigenvalue weighted by molar-refractivity contribution is 5.91. The van der Waals surface area contributed by atoms with E-state index in [1.807, 2.05) is 0 Å². The van der Waals surface area contributed by atoms with E-state index in [1.54, 1.807) is 18.5 Å². The number of aryl methyl sites for hydroxylation is 2. The van der Waals surface area contributed by atoms with Gasteiger partial charge in [-0.1, -0.05) is 0 Å². The summed E-state index contributed by atoms with van der Waals surface area (Å²) >= 11 is 0. The fraction of sp³-hybridized carbons (Fsp3) is 0.400. The van der Waals surface area contributed by atoms with Crippen LogP contribution in [0.2, 0.25) is 0 Å². The van der Waals surface area contributed by atoms with Crippen LogP contribution < -0.4 is 25.5 Å². The minimum atomic E-state index is -0.775. The Labute approximate surface area is 177 Å². The Morgan fingerprint density at radius 1 is 1.06 bits per heavy atom. The van der Waals surface area contributed by atoms with E-state index in [9.17, 15) is 14.4 Å². The Morgan fingerprint density at radius 3 is 2.23 bits per heavy atom. The molecule has 11 nitrogen and oxygen atoms in total. The molecule has 0 aliphatic heterocycles. The molecule has 3 rings (SSSR count).